The average molecular weight is 533 g/mol. The molecular weight excluding hydrogens is 491 g/mol. The van der Waals surface area contributed by atoms with Crippen LogP contribution >= 0.6 is 7.92 Å². The first-order valence-electron chi connectivity index (χ1n) is 14.9. The van der Waals surface area contributed by atoms with Crippen molar-refractivity contribution in [3.63, 3.8) is 0 Å². The number of hydrogen-bond acceptors (Lipinski definition) is 1. The minimum atomic E-state index is -0.626. The highest BCUT2D eigenvalue weighted by Gasteiger charge is 2.37. The fraction of sp³-hybridized carbons (Fsp3) is 0.351. The van der Waals surface area contributed by atoms with Crippen LogP contribution in [0.15, 0.2) is 102 Å². The monoisotopic (exact) mass is 532 g/mol. The van der Waals surface area contributed by atoms with Gasteiger partial charge in [0.15, 0.2) is 0 Å². The Morgan fingerprint density at radius 3 is 2.36 bits per heavy atom. The fourth-order valence-corrected chi connectivity index (χ4v) is 9.97. The van der Waals surface area contributed by atoms with E-state index < -0.39 is 7.92 Å². The Bertz CT molecular complexity index is 1380. The minimum absolute atomic E-state index is 0.263. The number of fused-ring (bicyclic) bond motifs is 2. The van der Waals surface area contributed by atoms with Gasteiger partial charge in [0.2, 0.25) is 0 Å². The van der Waals surface area contributed by atoms with E-state index in [0.29, 0.717) is 17.8 Å². The molecule has 2 unspecified atom stereocenters. The van der Waals surface area contributed by atoms with E-state index in [1.165, 1.54) is 40.4 Å². The van der Waals surface area contributed by atoms with E-state index in [-0.39, 0.29) is 11.8 Å². The lowest BCUT2D eigenvalue weighted by atomic mass is 9.75. The largest absolute Gasteiger partial charge is 0.489 e. The van der Waals surface area contributed by atoms with E-state index in [2.05, 4.69) is 124 Å². The lowest BCUT2D eigenvalue weighted by molar-refractivity contribution is 0.0265. The molecule has 0 saturated heterocycles. The molecule has 0 aromatic heterocycles. The predicted octanol–water partition coefficient (Wildman–Crippen LogP) is 10.1. The van der Waals surface area contributed by atoms with Gasteiger partial charge < -0.3 is 4.74 Å². The van der Waals surface area contributed by atoms with Crippen LogP contribution in [0.3, 0.4) is 0 Å². The first-order valence-corrected chi connectivity index (χ1v) is 16.3. The molecule has 3 aliphatic carbocycles. The van der Waals surface area contributed by atoms with Crippen LogP contribution in [-0.2, 0) is 4.74 Å². The third kappa shape index (κ3) is 5.44. The van der Waals surface area contributed by atoms with Crippen LogP contribution in [0.5, 0.6) is 0 Å². The second kappa shape index (κ2) is 11.7. The molecule has 0 bridgehead atoms. The molecule has 3 aromatic carbocycles. The van der Waals surface area contributed by atoms with Crippen LogP contribution in [0.2, 0.25) is 0 Å². The summed E-state index contributed by atoms with van der Waals surface area (Å²) < 4.78 is 7.16. The maximum absolute atomic E-state index is 7.16. The molecule has 2 heteroatoms. The number of rotatable bonds is 6. The summed E-state index contributed by atoms with van der Waals surface area (Å²) in [6, 6.07) is 29.4. The molecule has 0 radical (unpaired) electrons. The summed E-state index contributed by atoms with van der Waals surface area (Å²) in [5, 5.41) is 3.03. The lowest BCUT2D eigenvalue weighted by Gasteiger charge is -2.38. The molecule has 6 rings (SSSR count). The fourth-order valence-electron chi connectivity index (χ4n) is 6.89. The van der Waals surface area contributed by atoms with Crippen LogP contribution in [0, 0.1) is 17.8 Å². The Labute approximate surface area is 236 Å². The Morgan fingerprint density at radius 2 is 1.59 bits per heavy atom. The zero-order valence-corrected chi connectivity index (χ0v) is 24.5. The molecule has 0 amide bonds. The van der Waals surface area contributed by atoms with Crippen molar-refractivity contribution < 1.29 is 4.74 Å². The Kier molecular flexibility index (Phi) is 7.90. The van der Waals surface area contributed by atoms with Gasteiger partial charge in [-0.1, -0.05) is 124 Å². The van der Waals surface area contributed by atoms with Crippen molar-refractivity contribution in [2.45, 2.75) is 64.6 Å². The van der Waals surface area contributed by atoms with Crippen molar-refractivity contribution in [2.75, 3.05) is 0 Å². The number of ether oxygens (including phenoxy) is 1. The van der Waals surface area contributed by atoms with Gasteiger partial charge in [0.1, 0.15) is 11.9 Å². The third-order valence-corrected chi connectivity index (χ3v) is 11.9. The molecule has 200 valence electrons. The molecule has 0 heterocycles. The summed E-state index contributed by atoms with van der Waals surface area (Å²) in [7, 11) is -0.626. The quantitative estimate of drug-likeness (QED) is 0.287. The average Bonchev–Trinajstić information content (AvgIpc) is 3.09. The standard InChI is InChI=1S/C37H41OP/c1-26(2)31-23-22-27(3)24-35(31)38-36-25-28-14-10-11-19-32(28)37(34-21-13-12-20-33(34)36)39(29-15-6-4-7-16-29)30-17-8-5-9-18-30/h4-8,10-17,19-21,25-27,31,35,37H,9,18,22-24H2,1-3H3/t27-,31+,35?,37-,39?/m1/s1. The van der Waals surface area contributed by atoms with Gasteiger partial charge in [0.05, 0.1) is 0 Å². The van der Waals surface area contributed by atoms with Gasteiger partial charge >= 0.3 is 0 Å². The van der Waals surface area contributed by atoms with Crippen LogP contribution in [0.1, 0.15) is 80.8 Å². The summed E-state index contributed by atoms with van der Waals surface area (Å²) in [6.07, 6.45) is 15.6. The van der Waals surface area contributed by atoms with Gasteiger partial charge in [0, 0.05) is 11.2 Å². The second-order valence-corrected chi connectivity index (χ2v) is 14.3. The smallest absolute Gasteiger partial charge is 0.127 e. The maximum atomic E-state index is 7.16. The van der Waals surface area contributed by atoms with Gasteiger partial charge in [-0.25, -0.2) is 0 Å². The van der Waals surface area contributed by atoms with Crippen molar-refractivity contribution in [1.82, 2.24) is 0 Å². The predicted molar refractivity (Wildman–Crippen MR) is 168 cm³/mol. The SMILES string of the molecule is CC(C)[C@@H]1CC[C@@H](C)CC1OC1=Cc2ccccc2[C@@H](P(C2=CC=CCC2)c2ccccc2)c2ccccc21. The molecule has 1 saturated carbocycles. The van der Waals surface area contributed by atoms with Gasteiger partial charge in [-0.3, -0.25) is 0 Å². The summed E-state index contributed by atoms with van der Waals surface area (Å²) in [4.78, 5) is 0. The van der Waals surface area contributed by atoms with E-state index in [9.17, 15) is 0 Å². The number of allylic oxidation sites excluding steroid dienone is 4. The lowest BCUT2D eigenvalue weighted by Crippen LogP contribution is -2.34. The molecule has 0 spiro atoms. The molecule has 0 aliphatic heterocycles. The minimum Gasteiger partial charge on any atom is -0.489 e. The summed E-state index contributed by atoms with van der Waals surface area (Å²) >= 11 is 0. The third-order valence-electron chi connectivity index (χ3n) is 8.93. The first kappa shape index (κ1) is 26.3. The molecule has 3 aromatic rings. The zero-order chi connectivity index (χ0) is 26.8. The Morgan fingerprint density at radius 1 is 0.846 bits per heavy atom. The highest BCUT2D eigenvalue weighted by Crippen LogP contribution is 2.63. The van der Waals surface area contributed by atoms with Crippen LogP contribution < -0.4 is 5.30 Å². The van der Waals surface area contributed by atoms with Gasteiger partial charge in [0.25, 0.3) is 0 Å². The number of hydrogen-bond donors (Lipinski definition) is 0. The van der Waals surface area contributed by atoms with Crippen LogP contribution in [-0.4, -0.2) is 6.10 Å². The van der Waals surface area contributed by atoms with Crippen molar-refractivity contribution in [3.05, 3.63) is 125 Å². The van der Waals surface area contributed by atoms with E-state index in [1.54, 1.807) is 5.31 Å². The van der Waals surface area contributed by atoms with Gasteiger partial charge in [-0.15, -0.1) is 0 Å². The Balaban J connectivity index is 1.51. The van der Waals surface area contributed by atoms with Crippen molar-refractivity contribution in [2.24, 2.45) is 17.8 Å². The zero-order valence-electron chi connectivity index (χ0n) is 23.6. The van der Waals surface area contributed by atoms with Gasteiger partial charge in [-0.05, 0) is 84.7 Å². The summed E-state index contributed by atoms with van der Waals surface area (Å²) in [5.74, 6) is 3.00. The highest BCUT2D eigenvalue weighted by molar-refractivity contribution is 7.70. The molecule has 1 fully saturated rings. The van der Waals surface area contributed by atoms with Gasteiger partial charge in [-0.2, -0.15) is 0 Å². The number of benzene rings is 3. The van der Waals surface area contributed by atoms with E-state index >= 15 is 0 Å². The molecule has 0 N–H and O–H groups in total. The van der Waals surface area contributed by atoms with Crippen molar-refractivity contribution in [3.8, 4) is 0 Å². The second-order valence-electron chi connectivity index (χ2n) is 11.9. The van der Waals surface area contributed by atoms with E-state index in [4.69, 9.17) is 4.74 Å². The van der Waals surface area contributed by atoms with Crippen LogP contribution in [0.4, 0.5) is 0 Å². The van der Waals surface area contributed by atoms with E-state index in [1.807, 2.05) is 0 Å². The molecule has 5 atom stereocenters. The maximum Gasteiger partial charge on any atom is 0.127 e. The Hall–Kier alpha value is -2.89. The summed E-state index contributed by atoms with van der Waals surface area (Å²) in [5.41, 5.74) is 5.68. The molecule has 1 nitrogen and oxygen atoms in total. The topological polar surface area (TPSA) is 9.23 Å². The van der Waals surface area contributed by atoms with Crippen molar-refractivity contribution >= 4 is 25.1 Å². The highest BCUT2D eigenvalue weighted by atomic mass is 31.1. The normalized spacial score (nSPS) is 25.1. The summed E-state index contributed by atoms with van der Waals surface area (Å²) in [6.45, 7) is 7.14. The van der Waals surface area contributed by atoms with E-state index in [0.717, 1.165) is 25.0 Å². The molecule has 39 heavy (non-hydrogen) atoms. The van der Waals surface area contributed by atoms with Crippen LogP contribution in [0.25, 0.3) is 11.8 Å². The molecule has 3 aliphatic rings. The molecular formula is C37H41OP. The van der Waals surface area contributed by atoms with Crippen molar-refractivity contribution in [1.29, 1.82) is 0 Å². The first-order chi connectivity index (χ1) is 19.1.